The zero-order valence-electron chi connectivity index (χ0n) is 11.0. The van der Waals surface area contributed by atoms with Crippen LogP contribution in [0, 0.1) is 5.82 Å². The largest absolute Gasteiger partial charge is 0.523 e. The lowest BCUT2D eigenvalue weighted by Crippen LogP contribution is -2.32. The Hall–Kier alpha value is -1.27. The molecule has 1 unspecified atom stereocenters. The summed E-state index contributed by atoms with van der Waals surface area (Å²) in [7, 11) is -11.6. The molecule has 0 amide bonds. The molecule has 0 radical (unpaired) electrons. The first kappa shape index (κ1) is 18.1. The van der Waals surface area contributed by atoms with Gasteiger partial charge in [0.05, 0.1) is 0 Å². The molecule has 1 atom stereocenters. The Labute approximate surface area is 127 Å². The van der Waals surface area contributed by atoms with Crippen LogP contribution in [0.4, 0.5) is 30.7 Å². The SMILES string of the molecule is CC1=Cc2ccc(F)cc2S1(OS(=O)(=O)C(F)(F)F)C(F)(F)F. The third-order valence-corrected chi connectivity index (χ3v) is 7.65. The van der Waals surface area contributed by atoms with E-state index in [9.17, 15) is 39.2 Å². The molecule has 12 heteroatoms. The van der Waals surface area contributed by atoms with E-state index in [1.54, 1.807) is 0 Å². The minimum atomic E-state index is -6.56. The van der Waals surface area contributed by atoms with E-state index in [2.05, 4.69) is 3.63 Å². The molecule has 0 saturated carbocycles. The average Bonchev–Trinajstić information content (AvgIpc) is 2.61. The lowest BCUT2D eigenvalue weighted by atomic mass is 10.2. The Morgan fingerprint density at radius 2 is 1.65 bits per heavy atom. The number of hydrogen-bond donors (Lipinski definition) is 0. The van der Waals surface area contributed by atoms with Crippen molar-refractivity contribution in [1.29, 1.82) is 0 Å². The number of rotatable bonds is 2. The standard InChI is InChI=1S/C11H7F7O3S2/c1-6-4-7-2-3-8(12)5-9(7)22(6,10(13,14)15)21-23(19,20)11(16,17)18/h2-5H,1H3. The Morgan fingerprint density at radius 1 is 1.09 bits per heavy atom. The van der Waals surface area contributed by atoms with Gasteiger partial charge >= 0.3 is 21.1 Å². The summed E-state index contributed by atoms with van der Waals surface area (Å²) in [5, 5.41) is 0. The Bertz CT molecular complexity index is 780. The van der Waals surface area contributed by atoms with Crippen LogP contribution in [-0.2, 0) is 13.7 Å². The van der Waals surface area contributed by atoms with Crippen LogP contribution in [0.25, 0.3) is 6.08 Å². The smallest absolute Gasteiger partial charge is 0.207 e. The molecule has 0 spiro atoms. The van der Waals surface area contributed by atoms with E-state index in [1.165, 1.54) is 0 Å². The Morgan fingerprint density at radius 3 is 2.13 bits per heavy atom. The number of fused-ring (bicyclic) bond motifs is 1. The summed E-state index contributed by atoms with van der Waals surface area (Å²) >= 11 is 0. The van der Waals surface area contributed by atoms with E-state index in [-0.39, 0.29) is 5.56 Å². The highest BCUT2D eigenvalue weighted by Crippen LogP contribution is 2.77. The second-order valence-electron chi connectivity index (χ2n) is 4.41. The lowest BCUT2D eigenvalue weighted by Gasteiger charge is -2.38. The third kappa shape index (κ3) is 2.72. The van der Waals surface area contributed by atoms with E-state index < -0.39 is 47.1 Å². The number of benzene rings is 1. The van der Waals surface area contributed by atoms with Gasteiger partial charge in [0.2, 0.25) is 0 Å². The molecule has 0 saturated heterocycles. The number of allylic oxidation sites excluding steroid dienone is 1. The van der Waals surface area contributed by atoms with Gasteiger partial charge < -0.3 is 0 Å². The Balaban J connectivity index is 2.76. The molecule has 1 aromatic rings. The van der Waals surface area contributed by atoms with Crippen molar-refractivity contribution in [3.8, 4) is 0 Å². The number of hydrogen-bond acceptors (Lipinski definition) is 3. The average molecular weight is 384 g/mol. The maximum absolute atomic E-state index is 13.5. The van der Waals surface area contributed by atoms with Gasteiger partial charge in [-0.3, -0.25) is 0 Å². The molecule has 0 fully saturated rings. The highest BCUT2D eigenvalue weighted by molar-refractivity contribution is 8.36. The van der Waals surface area contributed by atoms with Gasteiger partial charge in [-0.15, -0.1) is 0 Å². The molecular formula is C11H7F7O3S2. The molecule has 23 heavy (non-hydrogen) atoms. The van der Waals surface area contributed by atoms with Crippen LogP contribution in [-0.4, -0.2) is 19.4 Å². The molecule has 3 nitrogen and oxygen atoms in total. The number of alkyl halides is 6. The molecule has 0 bridgehead atoms. The molecule has 2 rings (SSSR count). The minimum absolute atomic E-state index is 0.256. The molecule has 1 aliphatic rings. The van der Waals surface area contributed by atoms with Crippen LogP contribution in [0.15, 0.2) is 28.0 Å². The summed E-state index contributed by atoms with van der Waals surface area (Å²) in [6.07, 6.45) is 0.823. The van der Waals surface area contributed by atoms with Gasteiger partial charge in [0.25, 0.3) is 0 Å². The quantitative estimate of drug-likeness (QED) is 0.550. The van der Waals surface area contributed by atoms with E-state index in [0.29, 0.717) is 6.07 Å². The van der Waals surface area contributed by atoms with Gasteiger partial charge in [-0.2, -0.15) is 38.4 Å². The van der Waals surface area contributed by atoms with Crippen LogP contribution >= 0.6 is 10.3 Å². The minimum Gasteiger partial charge on any atom is -0.207 e. The zero-order valence-corrected chi connectivity index (χ0v) is 12.6. The van der Waals surface area contributed by atoms with Crippen LogP contribution in [0.1, 0.15) is 12.5 Å². The highest BCUT2D eigenvalue weighted by atomic mass is 32.3. The summed E-state index contributed by atoms with van der Waals surface area (Å²) in [5.74, 6) is -1.17. The summed E-state index contributed by atoms with van der Waals surface area (Å²) in [4.78, 5) is -1.76. The van der Waals surface area contributed by atoms with Crippen LogP contribution in [0.2, 0.25) is 0 Å². The molecule has 1 aliphatic heterocycles. The molecule has 1 aromatic carbocycles. The lowest BCUT2D eigenvalue weighted by molar-refractivity contribution is -0.0546. The molecular weight excluding hydrogens is 377 g/mol. The fourth-order valence-corrected chi connectivity index (χ4v) is 6.37. The van der Waals surface area contributed by atoms with Crippen molar-refractivity contribution in [1.82, 2.24) is 0 Å². The van der Waals surface area contributed by atoms with Crippen molar-refractivity contribution in [2.75, 3.05) is 0 Å². The monoisotopic (exact) mass is 384 g/mol. The second-order valence-corrected chi connectivity index (χ2v) is 8.98. The van der Waals surface area contributed by atoms with Gasteiger partial charge in [-0.1, -0.05) is 6.07 Å². The van der Waals surface area contributed by atoms with Crippen LogP contribution in [0.3, 0.4) is 0 Å². The van der Waals surface area contributed by atoms with E-state index in [0.717, 1.165) is 25.1 Å². The maximum Gasteiger partial charge on any atom is 0.523 e. The predicted molar refractivity (Wildman–Crippen MR) is 68.0 cm³/mol. The zero-order chi connectivity index (χ0) is 17.8. The summed E-state index contributed by atoms with van der Waals surface area (Å²) in [6, 6.07) is 2.03. The molecule has 1 heterocycles. The van der Waals surface area contributed by atoms with Gasteiger partial charge in [0, 0.05) is 20.1 Å². The van der Waals surface area contributed by atoms with Crippen LogP contribution < -0.4 is 0 Å². The Kier molecular flexibility index (Phi) is 4.02. The van der Waals surface area contributed by atoms with Crippen LogP contribution in [0.5, 0.6) is 0 Å². The third-order valence-electron chi connectivity index (χ3n) is 2.90. The van der Waals surface area contributed by atoms with Gasteiger partial charge in [-0.05, 0) is 30.7 Å². The topological polar surface area (TPSA) is 43.4 Å². The van der Waals surface area contributed by atoms with E-state index in [4.69, 9.17) is 0 Å². The van der Waals surface area contributed by atoms with Crippen molar-refractivity contribution in [3.05, 3.63) is 34.5 Å². The van der Waals surface area contributed by atoms with Crippen molar-refractivity contribution >= 4 is 26.5 Å². The van der Waals surface area contributed by atoms with E-state index in [1.807, 2.05) is 0 Å². The molecule has 130 valence electrons. The fraction of sp³-hybridized carbons (Fsp3) is 0.273. The van der Waals surface area contributed by atoms with E-state index >= 15 is 0 Å². The normalized spacial score (nSPS) is 24.8. The van der Waals surface area contributed by atoms with Gasteiger partial charge in [-0.25, -0.2) is 4.39 Å². The molecule has 0 aromatic heterocycles. The molecule has 0 aliphatic carbocycles. The summed E-state index contributed by atoms with van der Waals surface area (Å²) in [5.41, 5.74) is -11.8. The highest BCUT2D eigenvalue weighted by Gasteiger charge is 2.63. The maximum atomic E-state index is 13.5. The van der Waals surface area contributed by atoms with Gasteiger partial charge in [0.1, 0.15) is 5.82 Å². The first-order valence-electron chi connectivity index (χ1n) is 5.62. The van der Waals surface area contributed by atoms with Crippen molar-refractivity contribution in [2.45, 2.75) is 22.8 Å². The fourth-order valence-electron chi connectivity index (χ4n) is 1.96. The summed E-state index contributed by atoms with van der Waals surface area (Å²) < 4.78 is 117. The van der Waals surface area contributed by atoms with Crippen molar-refractivity contribution in [3.63, 3.8) is 0 Å². The molecule has 0 N–H and O–H groups in total. The van der Waals surface area contributed by atoms with Crippen molar-refractivity contribution in [2.24, 2.45) is 0 Å². The summed E-state index contributed by atoms with van der Waals surface area (Å²) in [6.45, 7) is 0.784. The van der Waals surface area contributed by atoms with Crippen molar-refractivity contribution < 1.29 is 42.8 Å². The van der Waals surface area contributed by atoms with Gasteiger partial charge in [0.15, 0.2) is 0 Å². The first-order valence-corrected chi connectivity index (χ1v) is 8.59. The number of halogens is 7. The second kappa shape index (κ2) is 5.11. The predicted octanol–water partition coefficient (Wildman–Crippen LogP) is 4.66. The first-order chi connectivity index (χ1) is 10.2.